The monoisotopic (exact) mass is 228 g/mol. The lowest BCUT2D eigenvalue weighted by atomic mass is 10.1. The molecule has 17 heavy (non-hydrogen) atoms. The van der Waals surface area contributed by atoms with Gasteiger partial charge in [0.15, 0.2) is 0 Å². The maximum atomic E-state index is 11.2. The Bertz CT molecular complexity index is 600. The van der Waals surface area contributed by atoms with Crippen LogP contribution in [-0.4, -0.2) is 11.1 Å². The van der Waals surface area contributed by atoms with Crippen LogP contribution in [0.5, 0.6) is 11.5 Å². The quantitative estimate of drug-likeness (QED) is 0.488. The Morgan fingerprint density at radius 1 is 1.41 bits per heavy atom. The first-order valence-electron chi connectivity index (χ1n) is 5.18. The first-order chi connectivity index (χ1) is 8.11. The Balaban J connectivity index is 2.60. The Labute approximate surface area is 99.0 Å². The predicted octanol–water partition coefficient (Wildman–Crippen LogP) is 2.95. The van der Waals surface area contributed by atoms with Gasteiger partial charge in [-0.15, -0.1) is 0 Å². The third-order valence-corrected chi connectivity index (χ3v) is 2.53. The molecule has 1 N–H and O–H groups in total. The number of hydrogen-bond donors (Lipinski definition) is 1. The number of aromatic hydroxyl groups is 1. The number of fused-ring (bicyclic) bond motifs is 1. The topological polar surface area (TPSA) is 46.5 Å². The number of carbonyl (C=O) groups excluding carboxylic acids is 1. The Hall–Kier alpha value is -2.29. The van der Waals surface area contributed by atoms with Gasteiger partial charge in [-0.3, -0.25) is 0 Å². The van der Waals surface area contributed by atoms with Crippen molar-refractivity contribution in [3.8, 4) is 11.5 Å². The fourth-order valence-corrected chi connectivity index (χ4v) is 1.64. The number of carbonyl (C=O) groups is 1. The molecule has 86 valence electrons. The van der Waals surface area contributed by atoms with Crippen LogP contribution in [0.1, 0.15) is 5.56 Å². The Kier molecular flexibility index (Phi) is 2.83. The van der Waals surface area contributed by atoms with Crippen molar-refractivity contribution < 1.29 is 14.6 Å². The zero-order valence-electron chi connectivity index (χ0n) is 9.43. The van der Waals surface area contributed by atoms with E-state index in [4.69, 9.17) is 4.74 Å². The smallest absolute Gasteiger partial charge is 0.335 e. The maximum absolute atomic E-state index is 11.2. The highest BCUT2D eigenvalue weighted by Crippen LogP contribution is 2.31. The molecule has 0 unspecified atom stereocenters. The summed E-state index contributed by atoms with van der Waals surface area (Å²) >= 11 is 0. The third-order valence-electron chi connectivity index (χ3n) is 2.53. The lowest BCUT2D eigenvalue weighted by Gasteiger charge is -2.08. The Morgan fingerprint density at radius 2 is 2.18 bits per heavy atom. The van der Waals surface area contributed by atoms with Gasteiger partial charge in [-0.05, 0) is 36.1 Å². The van der Waals surface area contributed by atoms with E-state index < -0.39 is 5.97 Å². The molecule has 0 aromatic heterocycles. The molecule has 0 bridgehead atoms. The number of phenols is 1. The number of ether oxygens (including phenoxy) is 1. The molecule has 3 heteroatoms. The van der Waals surface area contributed by atoms with Crippen LogP contribution >= 0.6 is 0 Å². The number of esters is 1. The minimum atomic E-state index is -0.516. The largest absolute Gasteiger partial charge is 0.508 e. The number of benzene rings is 2. The van der Waals surface area contributed by atoms with E-state index in [1.165, 1.54) is 0 Å². The second-order valence-corrected chi connectivity index (χ2v) is 3.74. The van der Waals surface area contributed by atoms with E-state index in [1.54, 1.807) is 18.2 Å². The van der Waals surface area contributed by atoms with Crippen LogP contribution in [0.2, 0.25) is 0 Å². The van der Waals surface area contributed by atoms with Gasteiger partial charge in [0.05, 0.1) is 0 Å². The molecule has 2 aromatic carbocycles. The summed E-state index contributed by atoms with van der Waals surface area (Å²) in [6, 6.07) is 8.81. The van der Waals surface area contributed by atoms with Crippen molar-refractivity contribution in [1.82, 2.24) is 0 Å². The molecule has 0 saturated heterocycles. The number of rotatable bonds is 2. The molecule has 0 spiro atoms. The average molecular weight is 228 g/mol. The van der Waals surface area contributed by atoms with Crippen molar-refractivity contribution >= 4 is 16.7 Å². The normalized spacial score (nSPS) is 10.2. The van der Waals surface area contributed by atoms with Gasteiger partial charge < -0.3 is 9.84 Å². The van der Waals surface area contributed by atoms with Gasteiger partial charge in [-0.25, -0.2) is 4.79 Å². The second-order valence-electron chi connectivity index (χ2n) is 3.74. The van der Waals surface area contributed by atoms with Gasteiger partial charge in [-0.2, -0.15) is 0 Å². The molecular weight excluding hydrogens is 216 g/mol. The molecule has 0 amide bonds. The van der Waals surface area contributed by atoms with E-state index in [0.717, 1.165) is 17.0 Å². The van der Waals surface area contributed by atoms with Crippen molar-refractivity contribution in [3.05, 3.63) is 48.6 Å². The summed E-state index contributed by atoms with van der Waals surface area (Å²) in [5.41, 5.74) is 0.782. The summed E-state index contributed by atoms with van der Waals surface area (Å²) in [6.07, 6.45) is 1.10. The van der Waals surface area contributed by atoms with E-state index in [9.17, 15) is 9.90 Å². The molecule has 0 heterocycles. The third kappa shape index (κ3) is 2.13. The minimum absolute atomic E-state index is 0.180. The fraction of sp³-hybridized carbons (Fsp3) is 0.0714. The highest BCUT2D eigenvalue weighted by atomic mass is 16.5. The highest BCUT2D eigenvalue weighted by molar-refractivity contribution is 5.93. The Morgan fingerprint density at radius 3 is 2.88 bits per heavy atom. The zero-order chi connectivity index (χ0) is 12.4. The molecule has 2 aromatic rings. The zero-order valence-corrected chi connectivity index (χ0v) is 9.43. The van der Waals surface area contributed by atoms with Crippen molar-refractivity contribution in [2.45, 2.75) is 6.92 Å². The van der Waals surface area contributed by atoms with Gasteiger partial charge in [0.1, 0.15) is 11.5 Å². The van der Waals surface area contributed by atoms with Crippen LogP contribution in [0.15, 0.2) is 43.0 Å². The van der Waals surface area contributed by atoms with Gasteiger partial charge in [0, 0.05) is 11.5 Å². The predicted molar refractivity (Wildman–Crippen MR) is 66.2 cm³/mol. The molecule has 0 aliphatic heterocycles. The SMILES string of the molecule is C=CC(=O)Oc1cccc2cc(C)c(O)cc12. The van der Waals surface area contributed by atoms with Crippen LogP contribution in [0.3, 0.4) is 0 Å². The van der Waals surface area contributed by atoms with Gasteiger partial charge in [0.2, 0.25) is 0 Å². The van der Waals surface area contributed by atoms with Crippen LogP contribution in [0.25, 0.3) is 10.8 Å². The number of aryl methyl sites for hydroxylation is 1. The summed E-state index contributed by atoms with van der Waals surface area (Å²) in [7, 11) is 0. The van der Waals surface area contributed by atoms with E-state index >= 15 is 0 Å². The lowest BCUT2D eigenvalue weighted by molar-refractivity contribution is -0.128. The summed E-state index contributed by atoms with van der Waals surface area (Å²) in [4.78, 5) is 11.2. The van der Waals surface area contributed by atoms with Gasteiger partial charge >= 0.3 is 5.97 Å². The molecule has 0 aliphatic rings. The summed E-state index contributed by atoms with van der Waals surface area (Å²) < 4.78 is 5.10. The lowest BCUT2D eigenvalue weighted by Crippen LogP contribution is -2.03. The van der Waals surface area contributed by atoms with Crippen molar-refractivity contribution in [2.75, 3.05) is 0 Å². The van der Waals surface area contributed by atoms with Crippen LogP contribution in [-0.2, 0) is 4.79 Å². The van der Waals surface area contributed by atoms with Crippen molar-refractivity contribution in [1.29, 1.82) is 0 Å². The van der Waals surface area contributed by atoms with Crippen LogP contribution in [0.4, 0.5) is 0 Å². The first kappa shape index (κ1) is 11.2. The first-order valence-corrected chi connectivity index (χ1v) is 5.18. The molecule has 0 fully saturated rings. The van der Waals surface area contributed by atoms with Crippen LogP contribution < -0.4 is 4.74 Å². The van der Waals surface area contributed by atoms with Gasteiger partial charge in [0.25, 0.3) is 0 Å². The summed E-state index contributed by atoms with van der Waals surface area (Å²) in [5, 5.41) is 11.3. The molecule has 0 saturated carbocycles. The highest BCUT2D eigenvalue weighted by Gasteiger charge is 2.07. The van der Waals surface area contributed by atoms with E-state index in [-0.39, 0.29) is 5.75 Å². The van der Waals surface area contributed by atoms with Crippen LogP contribution in [0, 0.1) is 6.92 Å². The summed E-state index contributed by atoms with van der Waals surface area (Å²) in [6.45, 7) is 5.16. The fourth-order valence-electron chi connectivity index (χ4n) is 1.64. The van der Waals surface area contributed by atoms with E-state index in [2.05, 4.69) is 6.58 Å². The van der Waals surface area contributed by atoms with Crippen molar-refractivity contribution in [3.63, 3.8) is 0 Å². The van der Waals surface area contributed by atoms with E-state index in [0.29, 0.717) is 11.1 Å². The second kappa shape index (κ2) is 4.29. The summed E-state index contributed by atoms with van der Waals surface area (Å²) in [5.74, 6) is 0.0832. The van der Waals surface area contributed by atoms with E-state index in [1.807, 2.05) is 19.1 Å². The molecule has 3 nitrogen and oxygen atoms in total. The molecule has 0 aliphatic carbocycles. The average Bonchev–Trinajstić information content (AvgIpc) is 2.31. The molecule has 2 rings (SSSR count). The number of hydrogen-bond acceptors (Lipinski definition) is 3. The van der Waals surface area contributed by atoms with Gasteiger partial charge in [-0.1, -0.05) is 18.7 Å². The van der Waals surface area contributed by atoms with Crippen molar-refractivity contribution in [2.24, 2.45) is 0 Å². The molecular formula is C14H12O3. The maximum Gasteiger partial charge on any atom is 0.335 e. The number of phenolic OH excluding ortho intramolecular Hbond substituents is 1. The standard InChI is InChI=1S/C14H12O3/c1-3-14(16)17-13-6-4-5-10-7-9(2)12(15)8-11(10)13/h3-8,15H,1H2,2H3. The molecule has 0 radical (unpaired) electrons. The minimum Gasteiger partial charge on any atom is -0.508 e. The molecule has 0 atom stereocenters.